The van der Waals surface area contributed by atoms with Crippen LogP contribution in [-0.2, 0) is 4.79 Å². The highest BCUT2D eigenvalue weighted by Crippen LogP contribution is 2.30. The van der Waals surface area contributed by atoms with Gasteiger partial charge in [-0.2, -0.15) is 0 Å². The maximum Gasteiger partial charge on any atom is 0.309 e. The van der Waals surface area contributed by atoms with E-state index in [9.17, 15) is 9.90 Å². The van der Waals surface area contributed by atoms with Gasteiger partial charge in [0.25, 0.3) is 0 Å². The Balaban J connectivity index is 4.60. The standard InChI is InChI=1S/C12H24O3/c1-4-7-8-10(11(13)14)12(15,6-3)9-5-2/h10,15H,4-9H2,1-3H3,(H,13,14). The second-order valence-corrected chi connectivity index (χ2v) is 4.24. The number of carbonyl (C=O) groups is 1. The SMILES string of the molecule is CCCCC(C(=O)O)C(O)(CC)CCC. The average molecular weight is 216 g/mol. The highest BCUT2D eigenvalue weighted by atomic mass is 16.4. The zero-order valence-electron chi connectivity index (χ0n) is 10.1. The van der Waals surface area contributed by atoms with Crippen LogP contribution in [-0.4, -0.2) is 21.8 Å². The normalized spacial score (nSPS) is 17.1. The van der Waals surface area contributed by atoms with Crippen molar-refractivity contribution in [1.82, 2.24) is 0 Å². The quantitative estimate of drug-likeness (QED) is 0.656. The molecule has 0 aromatic heterocycles. The molecular formula is C12H24O3. The lowest BCUT2D eigenvalue weighted by Gasteiger charge is -2.32. The number of hydrogen-bond donors (Lipinski definition) is 2. The van der Waals surface area contributed by atoms with Crippen LogP contribution in [0.25, 0.3) is 0 Å². The smallest absolute Gasteiger partial charge is 0.309 e. The highest BCUT2D eigenvalue weighted by Gasteiger charge is 2.38. The largest absolute Gasteiger partial charge is 0.481 e. The van der Waals surface area contributed by atoms with Gasteiger partial charge in [-0.15, -0.1) is 0 Å². The molecule has 0 aromatic carbocycles. The van der Waals surface area contributed by atoms with Gasteiger partial charge in [-0.25, -0.2) is 0 Å². The van der Waals surface area contributed by atoms with E-state index in [1.54, 1.807) is 0 Å². The van der Waals surface area contributed by atoms with Crippen molar-refractivity contribution >= 4 is 5.97 Å². The lowest BCUT2D eigenvalue weighted by atomic mass is 9.79. The molecule has 0 bridgehead atoms. The molecule has 0 rings (SSSR count). The van der Waals surface area contributed by atoms with Crippen LogP contribution < -0.4 is 0 Å². The van der Waals surface area contributed by atoms with Crippen molar-refractivity contribution in [1.29, 1.82) is 0 Å². The van der Waals surface area contributed by atoms with Crippen LogP contribution in [0.15, 0.2) is 0 Å². The first-order valence-corrected chi connectivity index (χ1v) is 5.97. The molecule has 0 heterocycles. The molecule has 2 unspecified atom stereocenters. The lowest BCUT2D eigenvalue weighted by molar-refractivity contribution is -0.153. The molecule has 0 radical (unpaired) electrons. The fourth-order valence-corrected chi connectivity index (χ4v) is 2.06. The number of aliphatic carboxylic acids is 1. The fraction of sp³-hybridized carbons (Fsp3) is 0.917. The second-order valence-electron chi connectivity index (χ2n) is 4.24. The molecule has 3 nitrogen and oxygen atoms in total. The summed E-state index contributed by atoms with van der Waals surface area (Å²) in [5.74, 6) is -1.47. The Kier molecular flexibility index (Phi) is 6.57. The summed E-state index contributed by atoms with van der Waals surface area (Å²) in [7, 11) is 0. The lowest BCUT2D eigenvalue weighted by Crippen LogP contribution is -2.41. The van der Waals surface area contributed by atoms with Crippen molar-refractivity contribution in [2.75, 3.05) is 0 Å². The van der Waals surface area contributed by atoms with Crippen molar-refractivity contribution in [3.05, 3.63) is 0 Å². The van der Waals surface area contributed by atoms with Gasteiger partial charge in [-0.05, 0) is 19.3 Å². The van der Waals surface area contributed by atoms with Crippen molar-refractivity contribution in [3.63, 3.8) is 0 Å². The third-order valence-corrected chi connectivity index (χ3v) is 3.09. The summed E-state index contributed by atoms with van der Waals surface area (Å²) in [4.78, 5) is 11.1. The number of hydrogen-bond acceptors (Lipinski definition) is 2. The monoisotopic (exact) mass is 216 g/mol. The molecule has 0 aliphatic heterocycles. The molecule has 0 saturated heterocycles. The summed E-state index contributed by atoms with van der Waals surface area (Å²) in [6.45, 7) is 5.86. The van der Waals surface area contributed by atoms with Crippen LogP contribution >= 0.6 is 0 Å². The molecule has 0 aliphatic carbocycles. The van der Waals surface area contributed by atoms with Gasteiger partial charge < -0.3 is 10.2 Å². The zero-order valence-corrected chi connectivity index (χ0v) is 10.1. The zero-order chi connectivity index (χ0) is 11.9. The first kappa shape index (κ1) is 14.4. The van der Waals surface area contributed by atoms with Crippen molar-refractivity contribution < 1.29 is 15.0 Å². The van der Waals surface area contributed by atoms with Gasteiger partial charge in [0.15, 0.2) is 0 Å². The van der Waals surface area contributed by atoms with Gasteiger partial charge in [-0.1, -0.05) is 40.0 Å². The minimum absolute atomic E-state index is 0.515. The number of unbranched alkanes of at least 4 members (excludes halogenated alkanes) is 1. The molecule has 0 amide bonds. The van der Waals surface area contributed by atoms with E-state index in [0.29, 0.717) is 19.3 Å². The molecule has 3 heteroatoms. The van der Waals surface area contributed by atoms with Gasteiger partial charge >= 0.3 is 5.97 Å². The molecule has 15 heavy (non-hydrogen) atoms. The van der Waals surface area contributed by atoms with Crippen LogP contribution in [0.3, 0.4) is 0 Å². The summed E-state index contributed by atoms with van der Waals surface area (Å²) in [5, 5.41) is 19.4. The molecular weight excluding hydrogens is 192 g/mol. The molecule has 90 valence electrons. The van der Waals surface area contributed by atoms with Crippen LogP contribution in [0, 0.1) is 5.92 Å². The van der Waals surface area contributed by atoms with E-state index < -0.39 is 17.5 Å². The average Bonchev–Trinajstić information content (AvgIpc) is 2.18. The van der Waals surface area contributed by atoms with Gasteiger partial charge in [0.2, 0.25) is 0 Å². The third kappa shape index (κ3) is 4.20. The highest BCUT2D eigenvalue weighted by molar-refractivity contribution is 5.71. The van der Waals surface area contributed by atoms with Crippen LogP contribution in [0.4, 0.5) is 0 Å². The van der Waals surface area contributed by atoms with E-state index in [4.69, 9.17) is 5.11 Å². The Bertz CT molecular complexity index is 191. The van der Waals surface area contributed by atoms with Gasteiger partial charge in [0, 0.05) is 0 Å². The number of carboxylic acid groups (broad SMARTS) is 1. The summed E-state index contributed by atoms with van der Waals surface area (Å²) < 4.78 is 0. The minimum atomic E-state index is -1.02. The summed E-state index contributed by atoms with van der Waals surface area (Å²) in [6.07, 6.45) is 4.32. The van der Waals surface area contributed by atoms with Crippen LogP contribution in [0.1, 0.15) is 59.3 Å². The summed E-state index contributed by atoms with van der Waals surface area (Å²) in [5.41, 5.74) is -1.02. The van der Waals surface area contributed by atoms with E-state index in [1.165, 1.54) is 0 Å². The second kappa shape index (κ2) is 6.83. The predicted octanol–water partition coefficient (Wildman–Crippen LogP) is 2.82. The van der Waals surface area contributed by atoms with Crippen LogP contribution in [0.2, 0.25) is 0 Å². The van der Waals surface area contributed by atoms with E-state index in [0.717, 1.165) is 19.3 Å². The van der Waals surface area contributed by atoms with Gasteiger partial charge in [0.05, 0.1) is 11.5 Å². The first-order chi connectivity index (χ1) is 7.01. The Morgan fingerprint density at radius 1 is 1.27 bits per heavy atom. The maximum absolute atomic E-state index is 11.1. The number of rotatable bonds is 8. The molecule has 0 fully saturated rings. The Labute approximate surface area is 92.5 Å². The predicted molar refractivity (Wildman–Crippen MR) is 60.8 cm³/mol. The van der Waals surface area contributed by atoms with E-state index >= 15 is 0 Å². The summed E-state index contributed by atoms with van der Waals surface area (Å²) in [6, 6.07) is 0. The molecule has 0 saturated carbocycles. The number of carboxylic acids is 1. The molecule has 0 aliphatic rings. The van der Waals surface area contributed by atoms with Crippen molar-refractivity contribution in [2.24, 2.45) is 5.92 Å². The van der Waals surface area contributed by atoms with Crippen molar-refractivity contribution in [3.8, 4) is 0 Å². The first-order valence-electron chi connectivity index (χ1n) is 5.97. The van der Waals surface area contributed by atoms with Gasteiger partial charge in [-0.3, -0.25) is 4.79 Å². The van der Waals surface area contributed by atoms with E-state index in [1.807, 2.05) is 20.8 Å². The summed E-state index contributed by atoms with van der Waals surface area (Å²) >= 11 is 0. The molecule has 0 spiro atoms. The fourth-order valence-electron chi connectivity index (χ4n) is 2.06. The van der Waals surface area contributed by atoms with E-state index in [-0.39, 0.29) is 0 Å². The van der Waals surface area contributed by atoms with Gasteiger partial charge in [0.1, 0.15) is 0 Å². The Hall–Kier alpha value is -0.570. The third-order valence-electron chi connectivity index (χ3n) is 3.09. The molecule has 2 atom stereocenters. The Morgan fingerprint density at radius 2 is 1.87 bits per heavy atom. The molecule has 2 N–H and O–H groups in total. The topological polar surface area (TPSA) is 57.5 Å². The number of aliphatic hydroxyl groups is 1. The Morgan fingerprint density at radius 3 is 2.20 bits per heavy atom. The van der Waals surface area contributed by atoms with Crippen LogP contribution in [0.5, 0.6) is 0 Å². The molecule has 0 aromatic rings. The van der Waals surface area contributed by atoms with Crippen molar-refractivity contribution in [2.45, 2.75) is 64.9 Å². The minimum Gasteiger partial charge on any atom is -0.481 e. The van der Waals surface area contributed by atoms with E-state index in [2.05, 4.69) is 0 Å². The maximum atomic E-state index is 11.1.